The van der Waals surface area contributed by atoms with E-state index in [1.807, 2.05) is 30.3 Å². The van der Waals surface area contributed by atoms with Gasteiger partial charge in [0.2, 0.25) is 5.82 Å². The fourth-order valence-corrected chi connectivity index (χ4v) is 2.05. The average molecular weight is 287 g/mol. The minimum absolute atomic E-state index is 0.0724. The summed E-state index contributed by atoms with van der Waals surface area (Å²) in [5.74, 6) is 0.214. The molecule has 0 spiro atoms. The Labute approximate surface area is 122 Å². The number of hydrogen-bond donors (Lipinski definition) is 2. The molecule has 1 aromatic carbocycles. The fourth-order valence-electron chi connectivity index (χ4n) is 2.05. The molecule has 21 heavy (non-hydrogen) atoms. The zero-order valence-electron chi connectivity index (χ0n) is 11.7. The van der Waals surface area contributed by atoms with Gasteiger partial charge < -0.3 is 10.4 Å². The summed E-state index contributed by atoms with van der Waals surface area (Å²) < 4.78 is 0. The monoisotopic (exact) mass is 287 g/mol. The molecule has 0 bridgehead atoms. The van der Waals surface area contributed by atoms with Crippen molar-refractivity contribution in [1.82, 2.24) is 4.98 Å². The molecule has 2 rings (SSSR count). The summed E-state index contributed by atoms with van der Waals surface area (Å²) in [4.78, 5) is 14.4. The van der Waals surface area contributed by atoms with E-state index in [-0.39, 0.29) is 11.5 Å². The van der Waals surface area contributed by atoms with Gasteiger partial charge in [0.1, 0.15) is 0 Å². The minimum Gasteiger partial charge on any atom is -0.385 e. The number of nitro groups is 1. The van der Waals surface area contributed by atoms with Gasteiger partial charge in [-0.15, -0.1) is 0 Å². The third kappa shape index (κ3) is 3.76. The van der Waals surface area contributed by atoms with E-state index < -0.39 is 10.5 Å². The van der Waals surface area contributed by atoms with Crippen LogP contribution in [0.4, 0.5) is 11.5 Å². The van der Waals surface area contributed by atoms with E-state index in [9.17, 15) is 15.2 Å². The number of nitrogens with zero attached hydrogens (tertiary/aromatic N) is 2. The van der Waals surface area contributed by atoms with Crippen LogP contribution in [-0.2, 0) is 5.60 Å². The molecule has 0 aliphatic rings. The molecule has 0 aliphatic heterocycles. The molecule has 0 saturated carbocycles. The Hall–Kier alpha value is -2.47. The second-order valence-electron chi connectivity index (χ2n) is 4.94. The zero-order valence-corrected chi connectivity index (χ0v) is 11.7. The lowest BCUT2D eigenvalue weighted by Crippen LogP contribution is -2.24. The maximum absolute atomic E-state index is 10.9. The number of anilines is 1. The lowest BCUT2D eigenvalue weighted by Gasteiger charge is -2.24. The normalized spacial score (nSPS) is 13.4. The van der Waals surface area contributed by atoms with E-state index in [0.717, 1.165) is 5.56 Å². The van der Waals surface area contributed by atoms with Crippen molar-refractivity contribution in [1.29, 1.82) is 0 Å². The predicted octanol–water partition coefficient (Wildman–Crippen LogP) is 2.70. The standard InChI is InChI=1S/C15H17N3O3/c1-15(19,12-6-3-2-4-7-12)9-11-17-14-13(18(20)21)8-5-10-16-14/h2-8,10,19H,9,11H2,1H3,(H,16,17). The quantitative estimate of drug-likeness (QED) is 0.630. The summed E-state index contributed by atoms with van der Waals surface area (Å²) in [6.45, 7) is 2.09. The first-order valence-electron chi connectivity index (χ1n) is 6.62. The molecule has 110 valence electrons. The lowest BCUT2D eigenvalue weighted by atomic mass is 9.93. The van der Waals surface area contributed by atoms with E-state index in [1.165, 1.54) is 18.3 Å². The topological polar surface area (TPSA) is 88.3 Å². The predicted molar refractivity (Wildman–Crippen MR) is 80.0 cm³/mol. The van der Waals surface area contributed by atoms with Crippen molar-refractivity contribution < 1.29 is 10.0 Å². The second kappa shape index (κ2) is 6.32. The second-order valence-corrected chi connectivity index (χ2v) is 4.94. The Kier molecular flexibility index (Phi) is 4.49. The van der Waals surface area contributed by atoms with Crippen LogP contribution in [0.15, 0.2) is 48.7 Å². The Balaban J connectivity index is 2.00. The van der Waals surface area contributed by atoms with Crippen LogP contribution in [0.2, 0.25) is 0 Å². The first kappa shape index (κ1) is 14.9. The highest BCUT2D eigenvalue weighted by Crippen LogP contribution is 2.25. The highest BCUT2D eigenvalue weighted by molar-refractivity contribution is 5.55. The maximum atomic E-state index is 10.9. The van der Waals surface area contributed by atoms with Gasteiger partial charge in [-0.1, -0.05) is 30.3 Å². The summed E-state index contributed by atoms with van der Waals surface area (Å²) in [6, 6.07) is 12.2. The van der Waals surface area contributed by atoms with Crippen LogP contribution < -0.4 is 5.32 Å². The molecule has 1 unspecified atom stereocenters. The first-order chi connectivity index (χ1) is 10.0. The zero-order chi connectivity index (χ0) is 15.3. The van der Waals surface area contributed by atoms with Crippen molar-refractivity contribution in [3.05, 3.63) is 64.3 Å². The molecule has 1 aromatic heterocycles. The molecule has 1 atom stereocenters. The fraction of sp³-hybridized carbons (Fsp3) is 0.267. The number of aromatic nitrogens is 1. The molecule has 2 N–H and O–H groups in total. The number of nitrogens with one attached hydrogen (secondary N) is 1. The minimum atomic E-state index is -1.00. The third-order valence-electron chi connectivity index (χ3n) is 3.28. The highest BCUT2D eigenvalue weighted by atomic mass is 16.6. The van der Waals surface area contributed by atoms with Crippen molar-refractivity contribution in [2.24, 2.45) is 0 Å². The Morgan fingerprint density at radius 1 is 1.29 bits per heavy atom. The van der Waals surface area contributed by atoms with Gasteiger partial charge in [0.15, 0.2) is 0 Å². The van der Waals surface area contributed by atoms with E-state index in [1.54, 1.807) is 6.92 Å². The van der Waals surface area contributed by atoms with Crippen LogP contribution in [0.5, 0.6) is 0 Å². The molecule has 1 heterocycles. The maximum Gasteiger partial charge on any atom is 0.311 e. The Morgan fingerprint density at radius 2 is 2.00 bits per heavy atom. The molecule has 6 heteroatoms. The van der Waals surface area contributed by atoms with Gasteiger partial charge in [0.05, 0.1) is 10.5 Å². The number of aliphatic hydroxyl groups is 1. The van der Waals surface area contributed by atoms with Crippen molar-refractivity contribution in [3.8, 4) is 0 Å². The summed E-state index contributed by atoms with van der Waals surface area (Å²) >= 11 is 0. The summed E-state index contributed by atoms with van der Waals surface area (Å²) in [5, 5.41) is 24.2. The van der Waals surface area contributed by atoms with Gasteiger partial charge in [0.25, 0.3) is 0 Å². The van der Waals surface area contributed by atoms with Gasteiger partial charge in [-0.25, -0.2) is 4.98 Å². The van der Waals surface area contributed by atoms with Crippen LogP contribution in [0.3, 0.4) is 0 Å². The highest BCUT2D eigenvalue weighted by Gasteiger charge is 2.23. The average Bonchev–Trinajstić information content (AvgIpc) is 2.48. The number of rotatable bonds is 6. The van der Waals surface area contributed by atoms with Crippen LogP contribution in [0.1, 0.15) is 18.9 Å². The van der Waals surface area contributed by atoms with Gasteiger partial charge in [-0.3, -0.25) is 10.1 Å². The van der Waals surface area contributed by atoms with E-state index in [0.29, 0.717) is 13.0 Å². The molecule has 0 saturated heterocycles. The van der Waals surface area contributed by atoms with E-state index in [2.05, 4.69) is 10.3 Å². The van der Waals surface area contributed by atoms with E-state index >= 15 is 0 Å². The van der Waals surface area contributed by atoms with E-state index in [4.69, 9.17) is 0 Å². The van der Waals surface area contributed by atoms with Crippen molar-refractivity contribution in [3.63, 3.8) is 0 Å². The Morgan fingerprint density at radius 3 is 2.67 bits per heavy atom. The van der Waals surface area contributed by atoms with Crippen LogP contribution in [0.25, 0.3) is 0 Å². The number of benzene rings is 1. The van der Waals surface area contributed by atoms with Crippen LogP contribution in [0, 0.1) is 10.1 Å². The molecular formula is C15H17N3O3. The number of pyridine rings is 1. The van der Waals surface area contributed by atoms with Crippen molar-refractivity contribution in [2.45, 2.75) is 18.9 Å². The van der Waals surface area contributed by atoms with Crippen LogP contribution in [-0.4, -0.2) is 21.6 Å². The Bertz CT molecular complexity index is 615. The molecular weight excluding hydrogens is 270 g/mol. The molecule has 0 fully saturated rings. The van der Waals surface area contributed by atoms with Gasteiger partial charge in [-0.05, 0) is 25.0 Å². The van der Waals surface area contributed by atoms with Crippen LogP contribution >= 0.6 is 0 Å². The summed E-state index contributed by atoms with van der Waals surface area (Å²) in [7, 11) is 0. The molecule has 0 radical (unpaired) electrons. The van der Waals surface area contributed by atoms with Crippen molar-refractivity contribution >= 4 is 11.5 Å². The van der Waals surface area contributed by atoms with Gasteiger partial charge in [0, 0.05) is 18.8 Å². The first-order valence-corrected chi connectivity index (χ1v) is 6.62. The third-order valence-corrected chi connectivity index (χ3v) is 3.28. The van der Waals surface area contributed by atoms with Gasteiger partial charge >= 0.3 is 5.69 Å². The molecule has 6 nitrogen and oxygen atoms in total. The largest absolute Gasteiger partial charge is 0.385 e. The summed E-state index contributed by atoms with van der Waals surface area (Å²) in [5.41, 5.74) is -0.267. The smallest absolute Gasteiger partial charge is 0.311 e. The van der Waals surface area contributed by atoms with Gasteiger partial charge in [-0.2, -0.15) is 0 Å². The SMILES string of the molecule is CC(O)(CCNc1ncccc1[N+](=O)[O-])c1ccccc1. The molecule has 2 aromatic rings. The lowest BCUT2D eigenvalue weighted by molar-refractivity contribution is -0.384. The number of hydrogen-bond acceptors (Lipinski definition) is 5. The molecule has 0 aliphatic carbocycles. The summed E-state index contributed by atoms with van der Waals surface area (Å²) in [6.07, 6.45) is 1.90. The van der Waals surface area contributed by atoms with Crippen molar-refractivity contribution in [2.75, 3.05) is 11.9 Å². The molecule has 0 amide bonds.